The summed E-state index contributed by atoms with van der Waals surface area (Å²) in [6, 6.07) is 0. The highest BCUT2D eigenvalue weighted by atomic mass is 32.2. The SMILES string of the molecule is CCOC(=O)C(CC)Sc1nc2nc[nH]c2c(=O)[nH]1. The van der Waals surface area contributed by atoms with E-state index in [1.54, 1.807) is 6.92 Å². The van der Waals surface area contributed by atoms with Crippen molar-refractivity contribution in [3.05, 3.63) is 16.7 Å². The number of carbonyl (C=O) groups excluding carboxylic acids is 1. The Hall–Kier alpha value is -1.83. The third-order valence-corrected chi connectivity index (χ3v) is 3.68. The first-order valence-electron chi connectivity index (χ1n) is 5.92. The van der Waals surface area contributed by atoms with Gasteiger partial charge >= 0.3 is 5.97 Å². The molecular formula is C11H14N4O3S. The summed E-state index contributed by atoms with van der Waals surface area (Å²) in [6.45, 7) is 3.96. The lowest BCUT2D eigenvalue weighted by Gasteiger charge is -2.11. The van der Waals surface area contributed by atoms with E-state index in [0.29, 0.717) is 29.3 Å². The number of hydrogen-bond acceptors (Lipinski definition) is 6. The normalized spacial score (nSPS) is 12.5. The largest absolute Gasteiger partial charge is 0.465 e. The van der Waals surface area contributed by atoms with Gasteiger partial charge in [0.25, 0.3) is 5.56 Å². The molecule has 2 aromatic rings. The van der Waals surface area contributed by atoms with Crippen molar-refractivity contribution in [3.63, 3.8) is 0 Å². The molecule has 2 heterocycles. The van der Waals surface area contributed by atoms with Crippen LogP contribution in [0.5, 0.6) is 0 Å². The van der Waals surface area contributed by atoms with Crippen LogP contribution in [0, 0.1) is 0 Å². The summed E-state index contributed by atoms with van der Waals surface area (Å²) < 4.78 is 4.97. The third kappa shape index (κ3) is 2.95. The number of nitrogens with one attached hydrogen (secondary N) is 2. The predicted octanol–water partition coefficient (Wildman–Crippen LogP) is 1.08. The van der Waals surface area contributed by atoms with Gasteiger partial charge in [-0.05, 0) is 13.3 Å². The van der Waals surface area contributed by atoms with Gasteiger partial charge < -0.3 is 9.72 Å². The average molecular weight is 282 g/mol. The Morgan fingerprint density at radius 3 is 3.00 bits per heavy atom. The van der Waals surface area contributed by atoms with Crippen molar-refractivity contribution < 1.29 is 9.53 Å². The fourth-order valence-corrected chi connectivity index (χ4v) is 2.44. The van der Waals surface area contributed by atoms with Crippen LogP contribution in [-0.2, 0) is 9.53 Å². The average Bonchev–Trinajstić information content (AvgIpc) is 2.85. The summed E-state index contributed by atoms with van der Waals surface area (Å²) in [5.74, 6) is -0.306. The quantitative estimate of drug-likeness (QED) is 0.483. The van der Waals surface area contributed by atoms with Crippen LogP contribution in [0.15, 0.2) is 16.3 Å². The Kier molecular flexibility index (Phi) is 4.20. The van der Waals surface area contributed by atoms with Gasteiger partial charge in [0.1, 0.15) is 5.25 Å². The van der Waals surface area contributed by atoms with Crippen molar-refractivity contribution in [2.75, 3.05) is 6.61 Å². The fraction of sp³-hybridized carbons (Fsp3) is 0.455. The van der Waals surface area contributed by atoms with Crippen molar-refractivity contribution in [1.29, 1.82) is 0 Å². The molecule has 102 valence electrons. The first-order valence-corrected chi connectivity index (χ1v) is 6.80. The Bertz CT molecular complexity index is 636. The summed E-state index contributed by atoms with van der Waals surface area (Å²) in [5.41, 5.74) is 0.363. The number of nitrogens with zero attached hydrogens (tertiary/aromatic N) is 2. The lowest BCUT2D eigenvalue weighted by atomic mass is 10.3. The van der Waals surface area contributed by atoms with E-state index in [9.17, 15) is 9.59 Å². The predicted molar refractivity (Wildman–Crippen MR) is 71.1 cm³/mol. The number of fused-ring (bicyclic) bond motifs is 1. The number of thioether (sulfide) groups is 1. The van der Waals surface area contributed by atoms with Gasteiger partial charge in [-0.1, -0.05) is 18.7 Å². The molecule has 0 aliphatic heterocycles. The second-order valence-electron chi connectivity index (χ2n) is 3.74. The molecule has 1 unspecified atom stereocenters. The van der Waals surface area contributed by atoms with E-state index in [1.807, 2.05) is 6.92 Å². The van der Waals surface area contributed by atoms with Crippen LogP contribution in [0.3, 0.4) is 0 Å². The molecule has 19 heavy (non-hydrogen) atoms. The highest BCUT2D eigenvalue weighted by molar-refractivity contribution is 8.00. The van der Waals surface area contributed by atoms with Gasteiger partial charge in [-0.3, -0.25) is 14.6 Å². The minimum Gasteiger partial charge on any atom is -0.465 e. The summed E-state index contributed by atoms with van der Waals surface area (Å²) in [5, 5.41) is -0.0241. The number of ether oxygens (including phenoxy) is 1. The molecule has 0 aromatic carbocycles. The molecule has 0 aliphatic rings. The number of imidazole rings is 1. The zero-order chi connectivity index (χ0) is 13.8. The lowest BCUT2D eigenvalue weighted by molar-refractivity contribution is -0.142. The monoisotopic (exact) mass is 282 g/mol. The first kappa shape index (κ1) is 13.6. The van der Waals surface area contributed by atoms with Crippen molar-refractivity contribution in [3.8, 4) is 0 Å². The summed E-state index contributed by atoms with van der Waals surface area (Å²) >= 11 is 1.17. The summed E-state index contributed by atoms with van der Waals surface area (Å²) in [6.07, 6.45) is 2.00. The van der Waals surface area contributed by atoms with Crippen LogP contribution in [0.25, 0.3) is 11.2 Å². The molecule has 2 N–H and O–H groups in total. The lowest BCUT2D eigenvalue weighted by Crippen LogP contribution is -2.20. The molecule has 8 heteroatoms. The van der Waals surface area contributed by atoms with E-state index >= 15 is 0 Å². The number of aromatic nitrogens is 4. The van der Waals surface area contributed by atoms with Gasteiger partial charge in [-0.2, -0.15) is 0 Å². The minimum atomic E-state index is -0.389. The molecule has 0 saturated carbocycles. The number of aromatic amines is 2. The van der Waals surface area contributed by atoms with Gasteiger partial charge in [0, 0.05) is 0 Å². The molecule has 0 aliphatic carbocycles. The Labute approximate surface area is 113 Å². The van der Waals surface area contributed by atoms with Crippen LogP contribution in [0.1, 0.15) is 20.3 Å². The van der Waals surface area contributed by atoms with Crippen LogP contribution in [0.4, 0.5) is 0 Å². The first-order chi connectivity index (χ1) is 9.15. The van der Waals surface area contributed by atoms with Gasteiger partial charge in [0.2, 0.25) is 0 Å². The molecular weight excluding hydrogens is 268 g/mol. The van der Waals surface area contributed by atoms with E-state index in [-0.39, 0.29) is 16.8 Å². The van der Waals surface area contributed by atoms with Crippen molar-refractivity contribution in [2.24, 2.45) is 0 Å². The molecule has 0 radical (unpaired) electrons. The molecule has 0 saturated heterocycles. The Balaban J connectivity index is 2.24. The van der Waals surface area contributed by atoms with E-state index in [2.05, 4.69) is 19.9 Å². The van der Waals surface area contributed by atoms with Gasteiger partial charge in [0.15, 0.2) is 16.3 Å². The Morgan fingerprint density at radius 2 is 2.32 bits per heavy atom. The van der Waals surface area contributed by atoms with Crippen LogP contribution in [0.2, 0.25) is 0 Å². The topological polar surface area (TPSA) is 101 Å². The highest BCUT2D eigenvalue weighted by Crippen LogP contribution is 2.23. The molecule has 2 rings (SSSR count). The third-order valence-electron chi connectivity index (χ3n) is 2.45. The maximum Gasteiger partial charge on any atom is 0.319 e. The van der Waals surface area contributed by atoms with Gasteiger partial charge in [0.05, 0.1) is 12.9 Å². The van der Waals surface area contributed by atoms with Crippen LogP contribution < -0.4 is 5.56 Å². The number of carbonyl (C=O) groups is 1. The highest BCUT2D eigenvalue weighted by Gasteiger charge is 2.21. The smallest absolute Gasteiger partial charge is 0.319 e. The van der Waals surface area contributed by atoms with E-state index in [1.165, 1.54) is 18.1 Å². The van der Waals surface area contributed by atoms with Crippen molar-refractivity contribution >= 4 is 28.9 Å². The molecule has 2 aromatic heterocycles. The number of esters is 1. The van der Waals surface area contributed by atoms with Crippen molar-refractivity contribution in [1.82, 2.24) is 19.9 Å². The number of rotatable bonds is 5. The number of hydrogen-bond donors (Lipinski definition) is 2. The standard InChI is InChI=1S/C11H14N4O3S/c1-3-6(10(17)18-4-2)19-11-14-8-7(9(16)15-11)12-5-13-8/h5-6H,3-4H2,1-2H3,(H2,12,13,14,15,16). The molecule has 0 bridgehead atoms. The zero-order valence-electron chi connectivity index (χ0n) is 10.6. The summed E-state index contributed by atoms with van der Waals surface area (Å²) in [7, 11) is 0. The van der Waals surface area contributed by atoms with Gasteiger partial charge in [-0.15, -0.1) is 0 Å². The fourth-order valence-electron chi connectivity index (χ4n) is 1.55. The van der Waals surface area contributed by atoms with E-state index in [0.717, 1.165) is 0 Å². The van der Waals surface area contributed by atoms with E-state index in [4.69, 9.17) is 4.74 Å². The number of H-pyrrole nitrogens is 2. The maximum absolute atomic E-state index is 11.7. The minimum absolute atomic E-state index is 0.302. The molecule has 7 nitrogen and oxygen atoms in total. The van der Waals surface area contributed by atoms with Crippen molar-refractivity contribution in [2.45, 2.75) is 30.7 Å². The summed E-state index contributed by atoms with van der Waals surface area (Å²) in [4.78, 5) is 36.9. The zero-order valence-corrected chi connectivity index (χ0v) is 11.4. The maximum atomic E-state index is 11.7. The van der Waals surface area contributed by atoms with Gasteiger partial charge in [-0.25, -0.2) is 9.97 Å². The molecule has 1 atom stereocenters. The Morgan fingerprint density at radius 1 is 1.53 bits per heavy atom. The second-order valence-corrected chi connectivity index (χ2v) is 4.93. The van der Waals surface area contributed by atoms with Crippen LogP contribution >= 0.6 is 11.8 Å². The second kappa shape index (κ2) is 5.87. The molecule has 0 amide bonds. The van der Waals surface area contributed by atoms with E-state index < -0.39 is 0 Å². The van der Waals surface area contributed by atoms with Crippen LogP contribution in [-0.4, -0.2) is 37.8 Å². The molecule has 0 spiro atoms. The molecule has 0 fully saturated rings.